The average molecular weight is 607 g/mol. The monoisotopic (exact) mass is 606 g/mol. The van der Waals surface area contributed by atoms with Gasteiger partial charge < -0.3 is 35.6 Å². The number of anilines is 2. The van der Waals surface area contributed by atoms with Crippen LogP contribution in [0.5, 0.6) is 5.75 Å². The lowest BCUT2D eigenvalue weighted by Gasteiger charge is -2.32. The summed E-state index contributed by atoms with van der Waals surface area (Å²) in [6, 6.07) is 10.1. The Hall–Kier alpha value is -4.59. The lowest BCUT2D eigenvalue weighted by Crippen LogP contribution is -2.46. The number of methoxy groups -OCH3 is 1. The van der Waals surface area contributed by atoms with Crippen molar-refractivity contribution in [2.24, 2.45) is 5.92 Å². The molecule has 5 rings (SSSR count). The minimum atomic E-state index is -1.32. The van der Waals surface area contributed by atoms with Crippen LogP contribution in [0.15, 0.2) is 55.0 Å². The van der Waals surface area contributed by atoms with E-state index < -0.39 is 24.6 Å². The van der Waals surface area contributed by atoms with Crippen molar-refractivity contribution in [3.63, 3.8) is 0 Å². The van der Waals surface area contributed by atoms with Crippen LogP contribution >= 0.6 is 0 Å². The van der Waals surface area contributed by atoms with Crippen LogP contribution in [0.25, 0.3) is 16.9 Å². The molecule has 2 aromatic carbocycles. The molecule has 0 aliphatic carbocycles. The number of hydrogen-bond acceptors (Lipinski definition) is 9. The first-order valence-corrected chi connectivity index (χ1v) is 14.3. The van der Waals surface area contributed by atoms with Gasteiger partial charge in [-0.25, -0.2) is 14.4 Å². The predicted molar refractivity (Wildman–Crippen MR) is 160 cm³/mol. The number of carbonyl (C=O) groups is 2. The van der Waals surface area contributed by atoms with Crippen molar-refractivity contribution in [1.29, 1.82) is 0 Å². The van der Waals surface area contributed by atoms with Gasteiger partial charge in [-0.1, -0.05) is 0 Å². The number of halogens is 1. The molecule has 4 aromatic rings. The molecule has 1 aliphatic heterocycles. The minimum absolute atomic E-state index is 0.126. The zero-order valence-corrected chi connectivity index (χ0v) is 24.4. The van der Waals surface area contributed by atoms with Crippen LogP contribution in [-0.4, -0.2) is 92.0 Å². The van der Waals surface area contributed by atoms with E-state index in [0.29, 0.717) is 59.9 Å². The number of aliphatic hydroxyl groups excluding tert-OH is 3. The third-order valence-corrected chi connectivity index (χ3v) is 7.86. The molecular formula is C31H35FN6O6. The Kier molecular flexibility index (Phi) is 9.37. The summed E-state index contributed by atoms with van der Waals surface area (Å²) in [5.41, 5.74) is 3.89. The van der Waals surface area contributed by atoms with Crippen LogP contribution in [0, 0.1) is 18.7 Å². The highest BCUT2D eigenvalue weighted by atomic mass is 19.1. The summed E-state index contributed by atoms with van der Waals surface area (Å²) in [5, 5.41) is 34.0. The molecule has 1 aliphatic rings. The van der Waals surface area contributed by atoms with Crippen LogP contribution in [0.1, 0.15) is 28.8 Å². The number of carbonyl (C=O) groups excluding carboxylic acids is 2. The molecule has 2 unspecified atom stereocenters. The summed E-state index contributed by atoms with van der Waals surface area (Å²) >= 11 is 0. The van der Waals surface area contributed by atoms with Crippen LogP contribution in [0.4, 0.5) is 15.9 Å². The first kappa shape index (κ1) is 30.9. The third kappa shape index (κ3) is 6.49. The molecule has 1 fully saturated rings. The second kappa shape index (κ2) is 13.4. The van der Waals surface area contributed by atoms with E-state index in [4.69, 9.17) is 9.84 Å². The van der Waals surface area contributed by atoms with Gasteiger partial charge in [0.05, 0.1) is 31.7 Å². The van der Waals surface area contributed by atoms with Crippen molar-refractivity contribution < 1.29 is 34.0 Å². The highest BCUT2D eigenvalue weighted by molar-refractivity contribution is 5.96. The maximum Gasteiger partial charge on any atom is 0.254 e. The van der Waals surface area contributed by atoms with Crippen LogP contribution in [-0.2, 0) is 4.79 Å². The number of aliphatic hydroxyl groups is 3. The average Bonchev–Trinajstić information content (AvgIpc) is 3.48. The number of rotatable bonds is 10. The number of piperidine rings is 1. The van der Waals surface area contributed by atoms with Gasteiger partial charge in [0.2, 0.25) is 5.91 Å². The van der Waals surface area contributed by atoms with Gasteiger partial charge in [0.15, 0.2) is 23.0 Å². The molecule has 0 spiro atoms. The van der Waals surface area contributed by atoms with E-state index in [1.54, 1.807) is 47.8 Å². The molecule has 2 aromatic heterocycles. The third-order valence-electron chi connectivity index (χ3n) is 7.86. The quantitative estimate of drug-likeness (QED) is 0.182. The normalized spacial score (nSPS) is 15.2. The molecule has 232 valence electrons. The number of ether oxygens (including phenoxy) is 1. The van der Waals surface area contributed by atoms with Gasteiger partial charge in [-0.2, -0.15) is 0 Å². The second-order valence-electron chi connectivity index (χ2n) is 10.7. The number of amides is 2. The van der Waals surface area contributed by atoms with Crippen molar-refractivity contribution in [3.05, 3.63) is 71.9 Å². The summed E-state index contributed by atoms with van der Waals surface area (Å²) in [4.78, 5) is 36.5. The van der Waals surface area contributed by atoms with E-state index in [0.717, 1.165) is 5.56 Å². The Balaban J connectivity index is 1.22. The summed E-state index contributed by atoms with van der Waals surface area (Å²) in [6.45, 7) is 1.91. The lowest BCUT2D eigenvalue weighted by molar-refractivity contribution is -0.127. The van der Waals surface area contributed by atoms with Crippen molar-refractivity contribution in [1.82, 2.24) is 24.6 Å². The van der Waals surface area contributed by atoms with Gasteiger partial charge in [0, 0.05) is 54.8 Å². The van der Waals surface area contributed by atoms with Crippen LogP contribution < -0.4 is 15.4 Å². The molecule has 0 bridgehead atoms. The van der Waals surface area contributed by atoms with Crippen molar-refractivity contribution in [3.8, 4) is 17.0 Å². The van der Waals surface area contributed by atoms with Gasteiger partial charge in [-0.3, -0.25) is 14.0 Å². The van der Waals surface area contributed by atoms with Crippen molar-refractivity contribution in [2.45, 2.75) is 32.0 Å². The Morgan fingerprint density at radius 2 is 1.89 bits per heavy atom. The molecule has 44 heavy (non-hydrogen) atoms. The molecule has 5 N–H and O–H groups in total. The maximum absolute atomic E-state index is 14.3. The molecule has 2 atom stereocenters. The highest BCUT2D eigenvalue weighted by Crippen LogP contribution is 2.29. The number of aryl methyl sites for hydroxylation is 1. The fraction of sp³-hybridized carbons (Fsp3) is 0.355. The minimum Gasteiger partial charge on any atom is -0.494 e. The van der Waals surface area contributed by atoms with Gasteiger partial charge in [-0.05, 0) is 61.7 Å². The zero-order valence-electron chi connectivity index (χ0n) is 24.4. The molecule has 13 heteroatoms. The summed E-state index contributed by atoms with van der Waals surface area (Å²) in [5.74, 6) is -0.514. The molecule has 1 saturated heterocycles. The van der Waals surface area contributed by atoms with Gasteiger partial charge in [-0.15, -0.1) is 0 Å². The van der Waals surface area contributed by atoms with Crippen molar-refractivity contribution in [2.75, 3.05) is 38.7 Å². The largest absolute Gasteiger partial charge is 0.494 e. The number of benzene rings is 2. The summed E-state index contributed by atoms with van der Waals surface area (Å²) in [7, 11) is 1.41. The fourth-order valence-electron chi connectivity index (χ4n) is 5.29. The van der Waals surface area contributed by atoms with E-state index in [1.807, 2.05) is 17.4 Å². The van der Waals surface area contributed by atoms with Gasteiger partial charge in [0.25, 0.3) is 5.91 Å². The number of nitrogens with zero attached hydrogens (tertiary/aromatic N) is 4. The number of aromatic nitrogens is 3. The van der Waals surface area contributed by atoms with Gasteiger partial charge >= 0.3 is 0 Å². The Bertz CT molecular complexity index is 1650. The first-order valence-electron chi connectivity index (χ1n) is 14.3. The number of nitrogens with one attached hydrogen (secondary N) is 2. The van der Waals surface area contributed by atoms with Gasteiger partial charge in [0.1, 0.15) is 6.10 Å². The number of likely N-dealkylation sites (tertiary alicyclic amines) is 1. The Labute approximate surface area is 253 Å². The van der Waals surface area contributed by atoms with E-state index >= 15 is 0 Å². The molecule has 0 radical (unpaired) electrons. The number of imidazole rings is 1. The molecule has 3 heterocycles. The van der Waals surface area contributed by atoms with E-state index in [2.05, 4.69) is 20.6 Å². The zero-order chi connectivity index (χ0) is 31.4. The Morgan fingerprint density at radius 1 is 1.11 bits per heavy atom. The van der Waals surface area contributed by atoms with E-state index in [1.165, 1.54) is 13.2 Å². The molecule has 2 amide bonds. The number of fused-ring (bicyclic) bond motifs is 1. The lowest BCUT2D eigenvalue weighted by atomic mass is 9.95. The van der Waals surface area contributed by atoms with Crippen LogP contribution in [0.3, 0.4) is 0 Å². The molecule has 12 nitrogen and oxygen atoms in total. The summed E-state index contributed by atoms with van der Waals surface area (Å²) in [6.07, 6.45) is 3.39. The maximum atomic E-state index is 14.3. The van der Waals surface area contributed by atoms with E-state index in [-0.39, 0.29) is 30.0 Å². The fourth-order valence-corrected chi connectivity index (χ4v) is 5.29. The predicted octanol–water partition coefficient (Wildman–Crippen LogP) is 2.28. The standard InChI is InChI=1S/C31H35FN6O6/c1-18-13-21(36-28-29-34-15-24(38(29)12-9-33-28)20-3-6-27(44-2)23(32)14-20)4-5-22(18)31(43)37-10-7-19(8-11-37)30(42)35-16-25(40)26(41)17-39/h3-6,9,12-15,19,25-26,39-41H,7-8,10-11,16-17H2,1-2H3,(H,33,36)(H,35,42). The smallest absolute Gasteiger partial charge is 0.254 e. The first-order chi connectivity index (χ1) is 21.2. The highest BCUT2D eigenvalue weighted by Gasteiger charge is 2.29. The van der Waals surface area contributed by atoms with Crippen LogP contribution in [0.2, 0.25) is 0 Å². The Morgan fingerprint density at radius 3 is 2.57 bits per heavy atom. The van der Waals surface area contributed by atoms with E-state index in [9.17, 15) is 24.2 Å². The number of hydrogen-bond donors (Lipinski definition) is 5. The SMILES string of the molecule is COc1ccc(-c2cnc3c(Nc4ccc(C(=O)N5CCC(C(=O)NCC(O)C(O)CO)CC5)c(C)c4)nccn23)cc1F. The second-order valence-corrected chi connectivity index (χ2v) is 10.7. The molecular weight excluding hydrogens is 571 g/mol. The topological polar surface area (TPSA) is 162 Å². The van der Waals surface area contributed by atoms with Crippen molar-refractivity contribution >= 4 is 29.0 Å². The molecule has 0 saturated carbocycles. The summed E-state index contributed by atoms with van der Waals surface area (Å²) < 4.78 is 21.2.